The smallest absolute Gasteiger partial charge is 0.256 e. The standard InChI is InChI=1S/C21H16F4N2O4/c1-30-6-7-31-12-9-16(24)19(17(25)10-12)27-18(28)5-4-14(21(27)26)20(29)13-3-2-11(22)8-15(13)23/h2-5,8-10H,6-7,26H2,1H3. The molecule has 0 fully saturated rings. The minimum Gasteiger partial charge on any atom is -0.491 e. The second kappa shape index (κ2) is 9.00. The van der Waals surface area contributed by atoms with Crippen LogP contribution in [0.1, 0.15) is 15.9 Å². The van der Waals surface area contributed by atoms with Crippen molar-refractivity contribution < 1.29 is 31.8 Å². The summed E-state index contributed by atoms with van der Waals surface area (Å²) < 4.78 is 66.9. The van der Waals surface area contributed by atoms with E-state index in [-0.39, 0.29) is 19.0 Å². The van der Waals surface area contributed by atoms with Gasteiger partial charge in [-0.1, -0.05) is 0 Å². The number of rotatable bonds is 7. The molecule has 0 unspecified atom stereocenters. The Hall–Kier alpha value is -3.66. The van der Waals surface area contributed by atoms with Crippen molar-refractivity contribution in [2.24, 2.45) is 0 Å². The highest BCUT2D eigenvalue weighted by Crippen LogP contribution is 2.27. The van der Waals surface area contributed by atoms with Crippen molar-refractivity contribution in [3.8, 4) is 11.4 Å². The Balaban J connectivity index is 2.09. The fourth-order valence-corrected chi connectivity index (χ4v) is 2.88. The molecule has 2 aromatic carbocycles. The summed E-state index contributed by atoms with van der Waals surface area (Å²) in [5, 5.41) is 0. The van der Waals surface area contributed by atoms with Crippen LogP contribution in [0.2, 0.25) is 0 Å². The van der Waals surface area contributed by atoms with Gasteiger partial charge in [-0.05, 0) is 18.2 Å². The summed E-state index contributed by atoms with van der Waals surface area (Å²) in [5.74, 6) is -6.18. The first-order chi connectivity index (χ1) is 14.7. The lowest BCUT2D eigenvalue weighted by Gasteiger charge is -2.15. The van der Waals surface area contributed by atoms with Gasteiger partial charge in [0.1, 0.15) is 35.5 Å². The molecule has 31 heavy (non-hydrogen) atoms. The molecule has 1 heterocycles. The van der Waals surface area contributed by atoms with Crippen molar-refractivity contribution >= 4 is 11.6 Å². The van der Waals surface area contributed by atoms with E-state index in [0.717, 1.165) is 36.4 Å². The minimum atomic E-state index is -1.18. The predicted octanol–water partition coefficient (Wildman–Crippen LogP) is 3.23. The van der Waals surface area contributed by atoms with E-state index in [4.69, 9.17) is 15.2 Å². The first kappa shape index (κ1) is 22.0. The van der Waals surface area contributed by atoms with Gasteiger partial charge in [-0.25, -0.2) is 17.6 Å². The van der Waals surface area contributed by atoms with Gasteiger partial charge in [0, 0.05) is 31.4 Å². The number of carbonyl (C=O) groups excluding carboxylic acids is 1. The number of carbonyl (C=O) groups is 1. The van der Waals surface area contributed by atoms with Gasteiger partial charge in [0.05, 0.1) is 17.7 Å². The Morgan fingerprint density at radius 3 is 2.19 bits per heavy atom. The van der Waals surface area contributed by atoms with Gasteiger partial charge in [0.25, 0.3) is 5.56 Å². The Labute approximate surface area is 173 Å². The van der Waals surface area contributed by atoms with E-state index in [1.165, 1.54) is 7.11 Å². The van der Waals surface area contributed by atoms with E-state index in [0.29, 0.717) is 10.6 Å². The summed E-state index contributed by atoms with van der Waals surface area (Å²) in [5.41, 5.74) is 3.18. The predicted molar refractivity (Wildman–Crippen MR) is 104 cm³/mol. The number of hydrogen-bond donors (Lipinski definition) is 1. The maximum atomic E-state index is 14.7. The van der Waals surface area contributed by atoms with Gasteiger partial charge >= 0.3 is 0 Å². The van der Waals surface area contributed by atoms with Gasteiger partial charge in [0.15, 0.2) is 17.4 Å². The summed E-state index contributed by atoms with van der Waals surface area (Å²) in [7, 11) is 1.43. The number of ether oxygens (including phenoxy) is 2. The van der Waals surface area contributed by atoms with Crippen LogP contribution < -0.4 is 16.0 Å². The molecule has 1 aromatic heterocycles. The lowest BCUT2D eigenvalue weighted by molar-refractivity contribution is 0.103. The van der Waals surface area contributed by atoms with Gasteiger partial charge in [0.2, 0.25) is 0 Å². The first-order valence-electron chi connectivity index (χ1n) is 8.87. The molecule has 162 valence electrons. The Bertz CT molecular complexity index is 1190. The van der Waals surface area contributed by atoms with Gasteiger partial charge in [-0.3, -0.25) is 14.2 Å². The number of aromatic nitrogens is 1. The lowest BCUT2D eigenvalue weighted by Crippen LogP contribution is -2.25. The Morgan fingerprint density at radius 1 is 0.935 bits per heavy atom. The number of benzene rings is 2. The van der Waals surface area contributed by atoms with E-state index >= 15 is 0 Å². The van der Waals surface area contributed by atoms with Crippen LogP contribution in [-0.4, -0.2) is 30.7 Å². The molecule has 0 saturated carbocycles. The molecule has 0 saturated heterocycles. The summed E-state index contributed by atoms with van der Waals surface area (Å²) in [6, 6.07) is 5.80. The lowest BCUT2D eigenvalue weighted by atomic mass is 10.0. The second-order valence-electron chi connectivity index (χ2n) is 6.34. The largest absolute Gasteiger partial charge is 0.491 e. The van der Waals surface area contributed by atoms with E-state index < -0.39 is 57.2 Å². The number of anilines is 1. The van der Waals surface area contributed by atoms with Crippen molar-refractivity contribution in [3.63, 3.8) is 0 Å². The molecule has 0 radical (unpaired) electrons. The number of hydrogen-bond acceptors (Lipinski definition) is 5. The van der Waals surface area contributed by atoms with E-state index in [9.17, 15) is 27.2 Å². The molecule has 3 aromatic rings. The topological polar surface area (TPSA) is 83.5 Å². The SMILES string of the molecule is COCCOc1cc(F)c(-n2c(N)c(C(=O)c3ccc(F)cc3F)ccc2=O)c(F)c1. The van der Waals surface area contributed by atoms with E-state index in [1.54, 1.807) is 0 Å². The highest BCUT2D eigenvalue weighted by atomic mass is 19.1. The molecular formula is C21H16F4N2O4. The maximum absolute atomic E-state index is 14.7. The van der Waals surface area contributed by atoms with Crippen LogP contribution in [0.5, 0.6) is 5.75 Å². The van der Waals surface area contributed by atoms with Crippen LogP contribution in [-0.2, 0) is 4.74 Å². The van der Waals surface area contributed by atoms with Crippen molar-refractivity contribution in [2.75, 3.05) is 26.1 Å². The maximum Gasteiger partial charge on any atom is 0.256 e. The van der Waals surface area contributed by atoms with Crippen LogP contribution in [0.15, 0.2) is 47.3 Å². The molecule has 0 amide bonds. The zero-order valence-corrected chi connectivity index (χ0v) is 16.1. The van der Waals surface area contributed by atoms with Crippen molar-refractivity contribution in [3.05, 3.63) is 87.2 Å². The monoisotopic (exact) mass is 436 g/mol. The molecule has 0 aliphatic rings. The second-order valence-corrected chi connectivity index (χ2v) is 6.34. The third-order valence-electron chi connectivity index (χ3n) is 4.32. The average Bonchev–Trinajstić information content (AvgIpc) is 2.69. The molecule has 0 atom stereocenters. The minimum absolute atomic E-state index is 0.0318. The molecular weight excluding hydrogens is 420 g/mol. The van der Waals surface area contributed by atoms with Crippen LogP contribution in [0.25, 0.3) is 5.69 Å². The zero-order chi connectivity index (χ0) is 22.7. The fraction of sp³-hybridized carbons (Fsp3) is 0.143. The first-order valence-corrected chi connectivity index (χ1v) is 8.87. The highest BCUT2D eigenvalue weighted by Gasteiger charge is 2.23. The molecule has 2 N–H and O–H groups in total. The molecule has 0 aliphatic heterocycles. The van der Waals surface area contributed by atoms with Crippen LogP contribution in [0.4, 0.5) is 23.4 Å². The van der Waals surface area contributed by atoms with Crippen molar-refractivity contribution in [1.82, 2.24) is 4.57 Å². The number of nitrogen functional groups attached to an aromatic ring is 1. The normalized spacial score (nSPS) is 10.9. The molecule has 3 rings (SSSR count). The average molecular weight is 436 g/mol. The van der Waals surface area contributed by atoms with Gasteiger partial charge < -0.3 is 15.2 Å². The summed E-state index contributed by atoms with van der Waals surface area (Å²) in [6.07, 6.45) is 0. The fourth-order valence-electron chi connectivity index (χ4n) is 2.88. The highest BCUT2D eigenvalue weighted by molar-refractivity contribution is 6.11. The van der Waals surface area contributed by atoms with Crippen molar-refractivity contribution in [2.45, 2.75) is 0 Å². The van der Waals surface area contributed by atoms with E-state index in [1.807, 2.05) is 0 Å². The molecule has 0 bridgehead atoms. The number of nitrogens with two attached hydrogens (primary N) is 1. The van der Waals surface area contributed by atoms with Crippen LogP contribution in [0, 0.1) is 23.3 Å². The quantitative estimate of drug-likeness (QED) is 0.349. The van der Waals surface area contributed by atoms with Crippen LogP contribution >= 0.6 is 0 Å². The van der Waals surface area contributed by atoms with Gasteiger partial charge in [-0.2, -0.15) is 0 Å². The van der Waals surface area contributed by atoms with Crippen molar-refractivity contribution in [1.29, 1.82) is 0 Å². The molecule has 0 spiro atoms. The summed E-state index contributed by atoms with van der Waals surface area (Å²) in [4.78, 5) is 25.0. The molecule has 0 aliphatic carbocycles. The number of ketones is 1. The zero-order valence-electron chi connectivity index (χ0n) is 16.1. The Morgan fingerprint density at radius 2 is 1.58 bits per heavy atom. The summed E-state index contributed by atoms with van der Waals surface area (Å²) >= 11 is 0. The number of methoxy groups -OCH3 is 1. The molecule has 6 nitrogen and oxygen atoms in total. The number of nitrogens with zero attached hydrogens (tertiary/aromatic N) is 1. The third-order valence-corrected chi connectivity index (χ3v) is 4.32. The van der Waals surface area contributed by atoms with E-state index in [2.05, 4.69) is 0 Å². The summed E-state index contributed by atoms with van der Waals surface area (Å²) in [6.45, 7) is 0.214. The van der Waals surface area contributed by atoms with Crippen LogP contribution in [0.3, 0.4) is 0 Å². The van der Waals surface area contributed by atoms with Gasteiger partial charge in [-0.15, -0.1) is 0 Å². The molecule has 10 heteroatoms. The number of pyridine rings is 1. The third kappa shape index (κ3) is 4.43. The number of halogens is 4. The Kier molecular flexibility index (Phi) is 6.40.